The SMILES string of the molecule is CCc1[nH]n(-c2ccc(Cl)cc2)c(=O)c1C(=O)CN(CC(C)C)C(=O)c1ccc(Cl)cc1Cl. The van der Waals surface area contributed by atoms with Crippen LogP contribution in [0.3, 0.4) is 0 Å². The minimum Gasteiger partial charge on any atom is -0.331 e. The zero-order valence-corrected chi connectivity index (χ0v) is 20.8. The fourth-order valence-corrected chi connectivity index (χ4v) is 4.16. The molecule has 3 rings (SSSR count). The number of aryl methyl sites for hydroxylation is 1. The van der Waals surface area contributed by atoms with Crippen molar-refractivity contribution >= 4 is 46.5 Å². The summed E-state index contributed by atoms with van der Waals surface area (Å²) in [5.74, 6) is -0.749. The number of Topliss-reactive ketones (excluding diaryl/α,β-unsaturated/α-hetero) is 1. The topological polar surface area (TPSA) is 75.2 Å². The highest BCUT2D eigenvalue weighted by molar-refractivity contribution is 6.36. The summed E-state index contributed by atoms with van der Waals surface area (Å²) in [6.07, 6.45) is 0.443. The summed E-state index contributed by atoms with van der Waals surface area (Å²) in [5.41, 5.74) is 0.873. The van der Waals surface area contributed by atoms with Crippen molar-refractivity contribution in [1.29, 1.82) is 0 Å². The lowest BCUT2D eigenvalue weighted by atomic mass is 10.1. The van der Waals surface area contributed by atoms with E-state index in [4.69, 9.17) is 34.8 Å². The summed E-state index contributed by atoms with van der Waals surface area (Å²) in [4.78, 5) is 41.1. The summed E-state index contributed by atoms with van der Waals surface area (Å²) in [6, 6.07) is 11.3. The Kier molecular flexibility index (Phi) is 8.05. The van der Waals surface area contributed by atoms with Crippen LogP contribution in [0, 0.1) is 5.92 Å². The Labute approximate surface area is 207 Å². The van der Waals surface area contributed by atoms with Gasteiger partial charge in [0.05, 0.1) is 22.8 Å². The van der Waals surface area contributed by atoms with Gasteiger partial charge in [0.15, 0.2) is 5.78 Å². The van der Waals surface area contributed by atoms with Gasteiger partial charge in [-0.25, -0.2) is 4.68 Å². The standard InChI is InChI=1S/C24H24Cl3N3O3/c1-4-20-22(24(33)30(28-20)17-8-5-15(25)6-9-17)21(31)13-29(12-14(2)3)23(32)18-10-7-16(26)11-19(18)27/h5-11,14,28H,4,12-13H2,1-3H3. The van der Waals surface area contributed by atoms with E-state index in [1.54, 1.807) is 30.3 Å². The molecule has 0 radical (unpaired) electrons. The molecule has 1 heterocycles. The molecule has 1 N–H and O–H groups in total. The Morgan fingerprint density at radius 1 is 1.03 bits per heavy atom. The van der Waals surface area contributed by atoms with E-state index in [9.17, 15) is 14.4 Å². The maximum atomic E-state index is 13.3. The number of hydrogen-bond donors (Lipinski definition) is 1. The van der Waals surface area contributed by atoms with Crippen LogP contribution in [-0.2, 0) is 6.42 Å². The van der Waals surface area contributed by atoms with Crippen molar-refractivity contribution in [3.8, 4) is 5.69 Å². The van der Waals surface area contributed by atoms with Gasteiger partial charge < -0.3 is 4.90 Å². The van der Waals surface area contributed by atoms with Gasteiger partial charge in [0.2, 0.25) is 0 Å². The van der Waals surface area contributed by atoms with Gasteiger partial charge in [-0.3, -0.25) is 19.5 Å². The third-order valence-corrected chi connectivity index (χ3v) is 5.85. The van der Waals surface area contributed by atoms with E-state index in [1.807, 2.05) is 20.8 Å². The first-order valence-corrected chi connectivity index (χ1v) is 11.6. The van der Waals surface area contributed by atoms with Crippen LogP contribution in [0.15, 0.2) is 47.3 Å². The van der Waals surface area contributed by atoms with Crippen LogP contribution >= 0.6 is 34.8 Å². The lowest BCUT2D eigenvalue weighted by molar-refractivity contribution is 0.0691. The maximum Gasteiger partial charge on any atom is 0.282 e. The second-order valence-corrected chi connectivity index (χ2v) is 9.34. The molecule has 0 atom stereocenters. The number of ketones is 1. The third kappa shape index (κ3) is 5.69. The monoisotopic (exact) mass is 507 g/mol. The van der Waals surface area contributed by atoms with Crippen molar-refractivity contribution in [2.75, 3.05) is 13.1 Å². The number of aromatic nitrogens is 2. The van der Waals surface area contributed by atoms with Crippen LogP contribution in [0.2, 0.25) is 15.1 Å². The molecule has 9 heteroatoms. The number of amides is 1. The predicted octanol–water partition coefficient (Wildman–Crippen LogP) is 5.67. The molecule has 6 nitrogen and oxygen atoms in total. The Morgan fingerprint density at radius 3 is 2.24 bits per heavy atom. The lowest BCUT2D eigenvalue weighted by Gasteiger charge is -2.24. The summed E-state index contributed by atoms with van der Waals surface area (Å²) < 4.78 is 1.31. The molecular weight excluding hydrogens is 485 g/mol. The first-order chi connectivity index (χ1) is 15.6. The molecule has 0 unspecified atom stereocenters. The molecule has 3 aromatic rings. The van der Waals surface area contributed by atoms with Gasteiger partial charge in [0.25, 0.3) is 11.5 Å². The average Bonchev–Trinajstić information content (AvgIpc) is 3.09. The quantitative estimate of drug-likeness (QED) is 0.398. The van der Waals surface area contributed by atoms with Crippen molar-refractivity contribution in [2.45, 2.75) is 27.2 Å². The molecule has 0 saturated carbocycles. The maximum absolute atomic E-state index is 13.3. The van der Waals surface area contributed by atoms with Crippen LogP contribution < -0.4 is 5.56 Å². The highest BCUT2D eigenvalue weighted by Crippen LogP contribution is 2.23. The third-order valence-electron chi connectivity index (χ3n) is 5.05. The molecule has 0 aliphatic carbocycles. The average molecular weight is 509 g/mol. The van der Waals surface area contributed by atoms with Crippen LogP contribution in [-0.4, -0.2) is 39.5 Å². The summed E-state index contributed by atoms with van der Waals surface area (Å²) in [7, 11) is 0. The number of carbonyl (C=O) groups is 2. The summed E-state index contributed by atoms with van der Waals surface area (Å²) in [6.45, 7) is 5.79. The van der Waals surface area contributed by atoms with E-state index in [0.717, 1.165) is 0 Å². The Bertz CT molecular complexity index is 1230. The number of rotatable bonds is 8. The van der Waals surface area contributed by atoms with E-state index in [-0.39, 0.29) is 28.6 Å². The number of halogens is 3. The normalized spacial score (nSPS) is 11.1. The zero-order valence-electron chi connectivity index (χ0n) is 18.5. The van der Waals surface area contributed by atoms with Crippen molar-refractivity contribution in [2.24, 2.45) is 5.92 Å². The van der Waals surface area contributed by atoms with Gasteiger partial charge in [-0.1, -0.05) is 55.6 Å². The zero-order chi connectivity index (χ0) is 24.3. The number of nitrogens with one attached hydrogen (secondary N) is 1. The number of nitrogens with zero attached hydrogens (tertiary/aromatic N) is 2. The van der Waals surface area contributed by atoms with Crippen molar-refractivity contribution < 1.29 is 9.59 Å². The second kappa shape index (κ2) is 10.6. The predicted molar refractivity (Wildman–Crippen MR) is 132 cm³/mol. The molecule has 0 fully saturated rings. The van der Waals surface area contributed by atoms with Gasteiger partial charge in [0, 0.05) is 22.3 Å². The van der Waals surface area contributed by atoms with Crippen molar-refractivity contribution in [1.82, 2.24) is 14.7 Å². The van der Waals surface area contributed by atoms with E-state index >= 15 is 0 Å². The fraction of sp³-hybridized carbons (Fsp3) is 0.292. The molecule has 1 amide bonds. The molecule has 0 spiro atoms. The van der Waals surface area contributed by atoms with Crippen LogP contribution in [0.1, 0.15) is 47.2 Å². The Hall–Kier alpha value is -2.54. The van der Waals surface area contributed by atoms with Crippen molar-refractivity contribution in [3.05, 3.63) is 84.7 Å². The first-order valence-electron chi connectivity index (χ1n) is 10.5. The molecule has 33 heavy (non-hydrogen) atoms. The molecule has 2 aromatic carbocycles. The first kappa shape index (κ1) is 25.1. The summed E-state index contributed by atoms with van der Waals surface area (Å²) >= 11 is 18.1. The minimum atomic E-state index is -0.472. The number of hydrogen-bond acceptors (Lipinski definition) is 3. The molecule has 0 saturated heterocycles. The van der Waals surface area contributed by atoms with Gasteiger partial charge in [-0.2, -0.15) is 0 Å². The molecule has 0 bridgehead atoms. The smallest absolute Gasteiger partial charge is 0.282 e. The second-order valence-electron chi connectivity index (χ2n) is 8.06. The molecule has 1 aromatic heterocycles. The van der Waals surface area contributed by atoms with E-state index in [2.05, 4.69) is 5.10 Å². The molecule has 0 aliphatic heterocycles. The van der Waals surface area contributed by atoms with E-state index in [1.165, 1.54) is 21.7 Å². The highest BCUT2D eigenvalue weighted by Gasteiger charge is 2.27. The van der Waals surface area contributed by atoms with Gasteiger partial charge >= 0.3 is 0 Å². The van der Waals surface area contributed by atoms with Gasteiger partial charge in [-0.15, -0.1) is 0 Å². The molecular formula is C24H24Cl3N3O3. The number of benzene rings is 2. The molecule has 0 aliphatic rings. The van der Waals surface area contributed by atoms with Gasteiger partial charge in [-0.05, 0) is 54.8 Å². The fourth-order valence-electron chi connectivity index (χ4n) is 3.54. The van der Waals surface area contributed by atoms with Crippen LogP contribution in [0.4, 0.5) is 0 Å². The lowest BCUT2D eigenvalue weighted by Crippen LogP contribution is -2.39. The van der Waals surface area contributed by atoms with Crippen LogP contribution in [0.25, 0.3) is 5.69 Å². The Morgan fingerprint density at radius 2 is 1.67 bits per heavy atom. The molecule has 174 valence electrons. The summed E-state index contributed by atoms with van der Waals surface area (Å²) in [5, 5.41) is 4.16. The Balaban J connectivity index is 1.96. The number of aromatic amines is 1. The largest absolute Gasteiger partial charge is 0.331 e. The van der Waals surface area contributed by atoms with Crippen molar-refractivity contribution in [3.63, 3.8) is 0 Å². The number of carbonyl (C=O) groups excluding carboxylic acids is 2. The number of H-pyrrole nitrogens is 1. The van der Waals surface area contributed by atoms with E-state index < -0.39 is 17.2 Å². The highest BCUT2D eigenvalue weighted by atomic mass is 35.5. The van der Waals surface area contributed by atoms with E-state index in [0.29, 0.717) is 34.4 Å². The van der Waals surface area contributed by atoms with Gasteiger partial charge in [0.1, 0.15) is 5.56 Å². The minimum absolute atomic E-state index is 0.0382. The van der Waals surface area contributed by atoms with Crippen LogP contribution in [0.5, 0.6) is 0 Å².